The molecule has 3 aromatic rings. The zero-order chi connectivity index (χ0) is 24.9. The third-order valence-corrected chi connectivity index (χ3v) is 6.74. The molecule has 1 aliphatic rings. The molecule has 1 N–H and O–H groups in total. The predicted octanol–water partition coefficient (Wildman–Crippen LogP) is 5.43. The van der Waals surface area contributed by atoms with Crippen molar-refractivity contribution in [3.63, 3.8) is 0 Å². The number of carbonyl (C=O) groups excluding carboxylic acids is 1. The number of pyridine rings is 1. The molecular formula is C29H38N4O2. The monoisotopic (exact) mass is 474 g/mol. The minimum Gasteiger partial charge on any atom is -0.491 e. The van der Waals surface area contributed by atoms with Crippen molar-refractivity contribution in [2.75, 3.05) is 37.4 Å². The summed E-state index contributed by atoms with van der Waals surface area (Å²) in [5.74, 6) is 1.92. The Labute approximate surface area is 209 Å². The third kappa shape index (κ3) is 6.51. The van der Waals surface area contributed by atoms with Gasteiger partial charge < -0.3 is 19.9 Å². The van der Waals surface area contributed by atoms with E-state index in [0.717, 1.165) is 59.7 Å². The van der Waals surface area contributed by atoms with Crippen molar-refractivity contribution in [3.8, 4) is 5.75 Å². The van der Waals surface area contributed by atoms with Crippen LogP contribution in [0.5, 0.6) is 5.75 Å². The van der Waals surface area contributed by atoms with Gasteiger partial charge in [-0.3, -0.25) is 4.79 Å². The van der Waals surface area contributed by atoms with Gasteiger partial charge in [-0.2, -0.15) is 0 Å². The van der Waals surface area contributed by atoms with Crippen molar-refractivity contribution >= 4 is 28.3 Å². The summed E-state index contributed by atoms with van der Waals surface area (Å²) in [6.07, 6.45) is 3.59. The van der Waals surface area contributed by atoms with Gasteiger partial charge in [-0.15, -0.1) is 0 Å². The molecule has 2 aromatic carbocycles. The average molecular weight is 475 g/mol. The van der Waals surface area contributed by atoms with Crippen LogP contribution < -0.4 is 15.0 Å². The molecule has 186 valence electrons. The van der Waals surface area contributed by atoms with Crippen molar-refractivity contribution in [2.45, 2.75) is 58.6 Å². The van der Waals surface area contributed by atoms with E-state index in [1.165, 1.54) is 5.56 Å². The van der Waals surface area contributed by atoms with Gasteiger partial charge in [0.25, 0.3) is 0 Å². The highest BCUT2D eigenvalue weighted by atomic mass is 16.5. The van der Waals surface area contributed by atoms with E-state index < -0.39 is 0 Å². The lowest BCUT2D eigenvalue weighted by Crippen LogP contribution is -2.42. The summed E-state index contributed by atoms with van der Waals surface area (Å²) in [7, 11) is 4.32. The third-order valence-electron chi connectivity index (χ3n) is 6.74. The van der Waals surface area contributed by atoms with E-state index >= 15 is 0 Å². The number of rotatable bonds is 8. The summed E-state index contributed by atoms with van der Waals surface area (Å²) in [5, 5.41) is 4.14. The number of piperidine rings is 1. The molecule has 1 amide bonds. The van der Waals surface area contributed by atoms with Gasteiger partial charge in [0.2, 0.25) is 5.91 Å². The molecule has 0 spiro atoms. The number of fused-ring (bicyclic) bond motifs is 1. The number of ether oxygens (including phenoxy) is 1. The SMILES string of the molecule is Cc1cc(N2CCC(N(C)C)CC2)nc2ccc(NC(=O)CCc3ccc(OC(C)C)cc3)cc12. The molecule has 1 fully saturated rings. The van der Waals surface area contributed by atoms with Gasteiger partial charge in [0.1, 0.15) is 11.6 Å². The van der Waals surface area contributed by atoms with E-state index in [1.54, 1.807) is 0 Å². The Balaban J connectivity index is 1.36. The minimum absolute atomic E-state index is 0.0119. The van der Waals surface area contributed by atoms with Crippen LogP contribution in [-0.2, 0) is 11.2 Å². The summed E-state index contributed by atoms with van der Waals surface area (Å²) in [6, 6.07) is 16.8. The van der Waals surface area contributed by atoms with Crippen LogP contribution in [0.1, 0.15) is 44.2 Å². The molecule has 0 aliphatic carbocycles. The fourth-order valence-electron chi connectivity index (χ4n) is 4.72. The molecule has 0 atom stereocenters. The number of nitrogens with zero attached hydrogens (tertiary/aromatic N) is 3. The number of aromatic nitrogens is 1. The Bertz CT molecular complexity index is 1150. The van der Waals surface area contributed by atoms with Gasteiger partial charge in [0.15, 0.2) is 0 Å². The molecular weight excluding hydrogens is 436 g/mol. The van der Waals surface area contributed by atoms with Gasteiger partial charge in [-0.05, 0) is 102 Å². The smallest absolute Gasteiger partial charge is 0.224 e. The Morgan fingerprint density at radius 3 is 2.49 bits per heavy atom. The van der Waals surface area contributed by atoms with Crippen LogP contribution in [0.25, 0.3) is 10.9 Å². The highest BCUT2D eigenvalue weighted by Gasteiger charge is 2.22. The van der Waals surface area contributed by atoms with Crippen molar-refractivity contribution in [3.05, 3.63) is 59.7 Å². The number of carbonyl (C=O) groups is 1. The summed E-state index contributed by atoms with van der Waals surface area (Å²) in [4.78, 5) is 22.2. The van der Waals surface area contributed by atoms with E-state index in [-0.39, 0.29) is 12.0 Å². The molecule has 1 aliphatic heterocycles. The van der Waals surface area contributed by atoms with Crippen LogP contribution in [0, 0.1) is 6.92 Å². The molecule has 35 heavy (non-hydrogen) atoms. The molecule has 0 bridgehead atoms. The molecule has 1 saturated heterocycles. The van der Waals surface area contributed by atoms with E-state index in [9.17, 15) is 4.79 Å². The largest absolute Gasteiger partial charge is 0.491 e. The maximum Gasteiger partial charge on any atom is 0.224 e. The first-order valence-corrected chi connectivity index (χ1v) is 12.7. The predicted molar refractivity (Wildman–Crippen MR) is 145 cm³/mol. The topological polar surface area (TPSA) is 57.7 Å². The summed E-state index contributed by atoms with van der Waals surface area (Å²) >= 11 is 0. The second kappa shape index (κ2) is 11.1. The number of anilines is 2. The Morgan fingerprint density at radius 2 is 1.83 bits per heavy atom. The fourth-order valence-corrected chi connectivity index (χ4v) is 4.72. The van der Waals surface area contributed by atoms with Gasteiger partial charge in [0.05, 0.1) is 11.6 Å². The van der Waals surface area contributed by atoms with E-state index in [0.29, 0.717) is 18.9 Å². The maximum absolute atomic E-state index is 12.6. The van der Waals surface area contributed by atoms with Crippen LogP contribution in [0.3, 0.4) is 0 Å². The van der Waals surface area contributed by atoms with E-state index in [4.69, 9.17) is 9.72 Å². The van der Waals surface area contributed by atoms with Crippen LogP contribution in [0.2, 0.25) is 0 Å². The molecule has 0 unspecified atom stereocenters. The Morgan fingerprint density at radius 1 is 1.11 bits per heavy atom. The number of hydrogen-bond donors (Lipinski definition) is 1. The van der Waals surface area contributed by atoms with Crippen LogP contribution in [0.4, 0.5) is 11.5 Å². The molecule has 6 nitrogen and oxygen atoms in total. The Hall–Kier alpha value is -3.12. The maximum atomic E-state index is 12.6. The zero-order valence-electron chi connectivity index (χ0n) is 21.7. The number of aryl methyl sites for hydroxylation is 2. The Kier molecular flexibility index (Phi) is 7.91. The number of benzene rings is 2. The lowest BCUT2D eigenvalue weighted by atomic mass is 10.0. The number of hydrogen-bond acceptors (Lipinski definition) is 5. The summed E-state index contributed by atoms with van der Waals surface area (Å²) in [5.41, 5.74) is 4.08. The van der Waals surface area contributed by atoms with E-state index in [1.807, 2.05) is 56.3 Å². The van der Waals surface area contributed by atoms with Crippen LogP contribution >= 0.6 is 0 Å². The highest BCUT2D eigenvalue weighted by molar-refractivity contribution is 5.94. The van der Waals surface area contributed by atoms with E-state index in [2.05, 4.69) is 42.2 Å². The molecule has 1 aromatic heterocycles. The first-order valence-electron chi connectivity index (χ1n) is 12.7. The quantitative estimate of drug-likeness (QED) is 0.472. The van der Waals surface area contributed by atoms with Gasteiger partial charge >= 0.3 is 0 Å². The van der Waals surface area contributed by atoms with Gasteiger partial charge in [-0.25, -0.2) is 4.98 Å². The van der Waals surface area contributed by atoms with Gasteiger partial charge in [-0.1, -0.05) is 12.1 Å². The normalized spacial score (nSPS) is 14.7. The highest BCUT2D eigenvalue weighted by Crippen LogP contribution is 2.27. The summed E-state index contributed by atoms with van der Waals surface area (Å²) in [6.45, 7) is 8.20. The lowest BCUT2D eigenvalue weighted by molar-refractivity contribution is -0.116. The molecule has 0 radical (unpaired) electrons. The molecule has 2 heterocycles. The van der Waals surface area contributed by atoms with Crippen LogP contribution in [-0.4, -0.2) is 55.1 Å². The first-order chi connectivity index (χ1) is 16.8. The molecule has 0 saturated carbocycles. The average Bonchev–Trinajstić information content (AvgIpc) is 2.83. The molecule has 6 heteroatoms. The standard InChI is InChI=1S/C29H38N4O2/c1-20(2)35-25-10-6-22(7-11-25)8-13-29(34)30-23-9-12-27-26(19-23)21(3)18-28(31-27)33-16-14-24(15-17-33)32(4)5/h6-7,9-12,18-20,24H,8,13-17H2,1-5H3,(H,30,34). The number of nitrogens with one attached hydrogen (secondary N) is 1. The van der Waals surface area contributed by atoms with Gasteiger partial charge in [0, 0.05) is 36.6 Å². The summed E-state index contributed by atoms with van der Waals surface area (Å²) < 4.78 is 5.68. The first kappa shape index (κ1) is 25.0. The lowest BCUT2D eigenvalue weighted by Gasteiger charge is -2.36. The number of amides is 1. The second-order valence-electron chi connectivity index (χ2n) is 10.1. The van der Waals surface area contributed by atoms with Crippen molar-refractivity contribution in [1.82, 2.24) is 9.88 Å². The van der Waals surface area contributed by atoms with Crippen molar-refractivity contribution < 1.29 is 9.53 Å². The minimum atomic E-state index is 0.0119. The van der Waals surface area contributed by atoms with Crippen LogP contribution in [0.15, 0.2) is 48.5 Å². The molecule has 4 rings (SSSR count). The fraction of sp³-hybridized carbons (Fsp3) is 0.448. The second-order valence-corrected chi connectivity index (χ2v) is 10.1. The van der Waals surface area contributed by atoms with Crippen molar-refractivity contribution in [1.29, 1.82) is 0 Å². The van der Waals surface area contributed by atoms with Crippen molar-refractivity contribution in [2.24, 2.45) is 0 Å². The zero-order valence-corrected chi connectivity index (χ0v) is 21.7.